The van der Waals surface area contributed by atoms with Crippen molar-refractivity contribution in [2.75, 3.05) is 19.7 Å². The van der Waals surface area contributed by atoms with Crippen LogP contribution in [0.4, 0.5) is 0 Å². The lowest BCUT2D eigenvalue weighted by atomic mass is 9.93. The summed E-state index contributed by atoms with van der Waals surface area (Å²) in [5.74, 6) is 0.166. The van der Waals surface area contributed by atoms with Gasteiger partial charge in [-0.15, -0.1) is 11.3 Å². The van der Waals surface area contributed by atoms with Crippen LogP contribution in [-0.4, -0.2) is 46.7 Å². The lowest BCUT2D eigenvalue weighted by Crippen LogP contribution is -2.43. The number of amides is 1. The molecule has 3 unspecified atom stereocenters. The van der Waals surface area contributed by atoms with Gasteiger partial charge in [0.2, 0.25) is 0 Å². The molecule has 0 saturated carbocycles. The number of aliphatic hydroxyl groups is 1. The fraction of sp³-hybridized carbons (Fsp3) is 0.733. The van der Waals surface area contributed by atoms with Crippen molar-refractivity contribution in [3.05, 3.63) is 16.1 Å². The Bertz CT molecular complexity index is 497. The first-order chi connectivity index (χ1) is 10.1. The van der Waals surface area contributed by atoms with Gasteiger partial charge in [-0.1, -0.05) is 0 Å². The van der Waals surface area contributed by atoms with Crippen molar-refractivity contribution in [2.45, 2.75) is 44.8 Å². The number of likely N-dealkylation sites (tertiary alicyclic amines) is 1. The number of hydrogen-bond acceptors (Lipinski definition) is 5. The van der Waals surface area contributed by atoms with Gasteiger partial charge in [-0.3, -0.25) is 4.79 Å². The highest BCUT2D eigenvalue weighted by atomic mass is 32.1. The molecule has 0 bridgehead atoms. The van der Waals surface area contributed by atoms with Crippen LogP contribution >= 0.6 is 11.3 Å². The molecular formula is C15H22N2O3S. The van der Waals surface area contributed by atoms with Crippen LogP contribution in [0.15, 0.2) is 5.38 Å². The smallest absolute Gasteiger partial charge is 0.273 e. The molecular weight excluding hydrogens is 288 g/mol. The van der Waals surface area contributed by atoms with E-state index >= 15 is 0 Å². The van der Waals surface area contributed by atoms with Crippen LogP contribution in [-0.2, 0) is 4.74 Å². The number of aliphatic hydroxyl groups excluding tert-OH is 1. The lowest BCUT2D eigenvalue weighted by Gasteiger charge is -2.33. The Kier molecular flexibility index (Phi) is 4.57. The van der Waals surface area contributed by atoms with Gasteiger partial charge in [0.1, 0.15) is 16.8 Å². The Balaban J connectivity index is 1.67. The Morgan fingerprint density at radius 1 is 1.52 bits per heavy atom. The second kappa shape index (κ2) is 6.42. The second-order valence-corrected chi connectivity index (χ2v) is 6.86. The molecule has 1 N–H and O–H groups in total. The van der Waals surface area contributed by atoms with Crippen molar-refractivity contribution in [1.82, 2.24) is 9.88 Å². The van der Waals surface area contributed by atoms with Gasteiger partial charge in [0.15, 0.2) is 0 Å². The first-order valence-corrected chi connectivity index (χ1v) is 8.57. The van der Waals surface area contributed by atoms with Crippen LogP contribution in [0.25, 0.3) is 0 Å². The van der Waals surface area contributed by atoms with Gasteiger partial charge in [-0.25, -0.2) is 4.98 Å². The summed E-state index contributed by atoms with van der Waals surface area (Å²) in [6.45, 7) is 3.98. The van der Waals surface area contributed by atoms with Crippen LogP contribution in [0.2, 0.25) is 0 Å². The van der Waals surface area contributed by atoms with Gasteiger partial charge in [0.05, 0.1) is 6.10 Å². The maximum absolute atomic E-state index is 12.5. The second-order valence-electron chi connectivity index (χ2n) is 5.97. The van der Waals surface area contributed by atoms with Gasteiger partial charge in [0, 0.05) is 31.0 Å². The van der Waals surface area contributed by atoms with Crippen molar-refractivity contribution < 1.29 is 14.6 Å². The average Bonchev–Trinajstić information content (AvgIpc) is 3.17. The third kappa shape index (κ3) is 3.27. The molecule has 3 atom stereocenters. The SMILES string of the molecule is CC(O)C1CCCN(C(=O)c2csc(C3CCCO3)n2)C1. The molecule has 116 valence electrons. The third-order valence-corrected chi connectivity index (χ3v) is 5.31. The zero-order valence-electron chi connectivity index (χ0n) is 12.3. The molecule has 2 fully saturated rings. The van der Waals surface area contributed by atoms with Crippen LogP contribution in [0.5, 0.6) is 0 Å². The number of hydrogen-bond donors (Lipinski definition) is 1. The van der Waals surface area contributed by atoms with E-state index in [1.54, 1.807) is 6.92 Å². The van der Waals surface area contributed by atoms with E-state index in [9.17, 15) is 9.90 Å². The third-order valence-electron chi connectivity index (χ3n) is 4.37. The zero-order chi connectivity index (χ0) is 14.8. The molecule has 5 nitrogen and oxygen atoms in total. The van der Waals surface area contributed by atoms with E-state index in [0.717, 1.165) is 43.8 Å². The largest absolute Gasteiger partial charge is 0.393 e. The number of nitrogens with zero attached hydrogens (tertiary/aromatic N) is 2. The first-order valence-electron chi connectivity index (χ1n) is 7.69. The molecule has 3 heterocycles. The number of rotatable bonds is 3. The molecule has 1 aromatic heterocycles. The Hall–Kier alpha value is -0.980. The molecule has 1 aromatic rings. The van der Waals surface area contributed by atoms with Crippen molar-refractivity contribution >= 4 is 17.2 Å². The average molecular weight is 310 g/mol. The van der Waals surface area contributed by atoms with Crippen LogP contribution in [0.3, 0.4) is 0 Å². The molecule has 0 spiro atoms. The van der Waals surface area contributed by atoms with Crippen molar-refractivity contribution in [1.29, 1.82) is 0 Å². The fourth-order valence-corrected chi connectivity index (χ4v) is 3.93. The minimum atomic E-state index is -0.363. The van der Waals surface area contributed by atoms with Crippen molar-refractivity contribution in [3.63, 3.8) is 0 Å². The number of piperidine rings is 1. The number of aromatic nitrogens is 1. The predicted molar refractivity (Wildman–Crippen MR) is 80.3 cm³/mol. The summed E-state index contributed by atoms with van der Waals surface area (Å²) in [6.07, 6.45) is 3.70. The summed E-state index contributed by atoms with van der Waals surface area (Å²) in [5.41, 5.74) is 0.525. The van der Waals surface area contributed by atoms with Gasteiger partial charge in [0.25, 0.3) is 5.91 Å². The lowest BCUT2D eigenvalue weighted by molar-refractivity contribution is 0.0461. The molecule has 21 heavy (non-hydrogen) atoms. The minimum Gasteiger partial charge on any atom is -0.393 e. The van der Waals surface area contributed by atoms with Gasteiger partial charge >= 0.3 is 0 Å². The van der Waals surface area contributed by atoms with Gasteiger partial charge < -0.3 is 14.7 Å². The first kappa shape index (κ1) is 14.9. The molecule has 0 radical (unpaired) electrons. The zero-order valence-corrected chi connectivity index (χ0v) is 13.1. The normalized spacial score (nSPS) is 27.8. The standard InChI is InChI=1S/C15H22N2O3S/c1-10(18)11-4-2-6-17(8-11)15(19)12-9-21-14(16-12)13-5-3-7-20-13/h9-11,13,18H,2-8H2,1H3. The summed E-state index contributed by atoms with van der Waals surface area (Å²) in [4.78, 5) is 18.8. The van der Waals surface area contributed by atoms with E-state index in [0.29, 0.717) is 12.2 Å². The summed E-state index contributed by atoms with van der Waals surface area (Å²) in [7, 11) is 0. The van der Waals surface area contributed by atoms with E-state index < -0.39 is 0 Å². The Morgan fingerprint density at radius 3 is 3.10 bits per heavy atom. The van der Waals surface area contributed by atoms with Gasteiger partial charge in [-0.05, 0) is 32.6 Å². The summed E-state index contributed by atoms with van der Waals surface area (Å²) in [6, 6.07) is 0. The molecule has 2 aliphatic heterocycles. The van der Waals surface area contributed by atoms with E-state index in [1.165, 1.54) is 11.3 Å². The van der Waals surface area contributed by atoms with E-state index in [1.807, 2.05) is 10.3 Å². The minimum absolute atomic E-state index is 0.0131. The van der Waals surface area contributed by atoms with Crippen LogP contribution in [0, 0.1) is 5.92 Å². The van der Waals surface area contributed by atoms with Crippen LogP contribution < -0.4 is 0 Å². The van der Waals surface area contributed by atoms with Crippen molar-refractivity contribution in [2.24, 2.45) is 5.92 Å². The summed E-state index contributed by atoms with van der Waals surface area (Å²) < 4.78 is 5.62. The Morgan fingerprint density at radius 2 is 2.38 bits per heavy atom. The maximum Gasteiger partial charge on any atom is 0.273 e. The molecule has 6 heteroatoms. The van der Waals surface area contributed by atoms with E-state index in [4.69, 9.17) is 4.74 Å². The molecule has 0 aromatic carbocycles. The molecule has 2 aliphatic rings. The molecule has 2 saturated heterocycles. The highest BCUT2D eigenvalue weighted by Crippen LogP contribution is 2.31. The molecule has 1 amide bonds. The predicted octanol–water partition coefficient (Wildman–Crippen LogP) is 2.23. The fourth-order valence-electron chi connectivity index (χ4n) is 3.06. The highest BCUT2D eigenvalue weighted by Gasteiger charge is 2.29. The summed E-state index contributed by atoms with van der Waals surface area (Å²) >= 11 is 1.51. The van der Waals surface area contributed by atoms with Crippen molar-refractivity contribution in [3.8, 4) is 0 Å². The Labute approximate surface area is 128 Å². The maximum atomic E-state index is 12.5. The van der Waals surface area contributed by atoms with Crippen LogP contribution in [0.1, 0.15) is 54.2 Å². The monoisotopic (exact) mass is 310 g/mol. The number of carbonyl (C=O) groups is 1. The number of carbonyl (C=O) groups excluding carboxylic acids is 1. The van der Waals surface area contributed by atoms with Gasteiger partial charge in [-0.2, -0.15) is 0 Å². The topological polar surface area (TPSA) is 62.7 Å². The molecule has 0 aliphatic carbocycles. The highest BCUT2D eigenvalue weighted by molar-refractivity contribution is 7.09. The summed E-state index contributed by atoms with van der Waals surface area (Å²) in [5, 5.41) is 12.5. The molecule has 3 rings (SSSR count). The quantitative estimate of drug-likeness (QED) is 0.930. The number of ether oxygens (including phenoxy) is 1. The van der Waals surface area contributed by atoms with E-state index in [-0.39, 0.29) is 24.0 Å². The van der Waals surface area contributed by atoms with E-state index in [2.05, 4.69) is 4.98 Å². The number of thiazole rings is 1.